The van der Waals surface area contributed by atoms with Crippen LogP contribution in [0.3, 0.4) is 0 Å². The Balaban J connectivity index is 1.61. The molecular formula is C27H28FN6O+. The zero-order valence-corrected chi connectivity index (χ0v) is 19.9. The van der Waals surface area contributed by atoms with Crippen molar-refractivity contribution < 1.29 is 13.7 Å². The molecule has 1 saturated heterocycles. The van der Waals surface area contributed by atoms with Gasteiger partial charge in [-0.05, 0) is 23.3 Å². The number of piperidine rings is 1. The molecule has 3 heterocycles. The maximum Gasteiger partial charge on any atom is 0.245 e. The highest BCUT2D eigenvalue weighted by molar-refractivity contribution is 6.05. The van der Waals surface area contributed by atoms with E-state index in [-0.39, 0.29) is 11.9 Å². The molecule has 2 aromatic carbocycles. The summed E-state index contributed by atoms with van der Waals surface area (Å²) in [7, 11) is 4.38. The average molecular weight is 472 g/mol. The summed E-state index contributed by atoms with van der Waals surface area (Å²) in [5.74, 6) is -0.488. The van der Waals surface area contributed by atoms with Gasteiger partial charge < -0.3 is 4.48 Å². The summed E-state index contributed by atoms with van der Waals surface area (Å²) in [6.45, 7) is 1.70. The van der Waals surface area contributed by atoms with Crippen LogP contribution in [0, 0.1) is 5.82 Å². The number of amides is 1. The Kier molecular flexibility index (Phi) is 5.90. The van der Waals surface area contributed by atoms with Crippen LogP contribution in [-0.2, 0) is 10.2 Å². The van der Waals surface area contributed by atoms with E-state index in [2.05, 4.69) is 34.3 Å². The minimum atomic E-state index is -0.768. The summed E-state index contributed by atoms with van der Waals surface area (Å²) >= 11 is 0. The van der Waals surface area contributed by atoms with Gasteiger partial charge >= 0.3 is 0 Å². The van der Waals surface area contributed by atoms with Gasteiger partial charge in [0, 0.05) is 24.6 Å². The number of anilines is 2. The number of hydrogen-bond acceptors (Lipinski definition) is 4. The fraction of sp³-hybridized carbons (Fsp3) is 0.259. The molecule has 1 N–H and O–H groups in total. The quantitative estimate of drug-likeness (QED) is 0.436. The number of aromatic amines is 1. The lowest BCUT2D eigenvalue weighted by molar-refractivity contribution is -0.896. The molecule has 0 saturated carbocycles. The lowest BCUT2D eigenvalue weighted by Crippen LogP contribution is -2.56. The van der Waals surface area contributed by atoms with E-state index in [1.807, 2.05) is 60.8 Å². The number of nitrogens with one attached hydrogen (secondary N) is 1. The smallest absolute Gasteiger partial charge is 0.245 e. The molecule has 0 unspecified atom stereocenters. The van der Waals surface area contributed by atoms with E-state index < -0.39 is 11.2 Å². The van der Waals surface area contributed by atoms with Crippen LogP contribution >= 0.6 is 0 Å². The van der Waals surface area contributed by atoms with E-state index in [1.54, 1.807) is 6.20 Å². The highest BCUT2D eigenvalue weighted by Gasteiger charge is 2.49. The summed E-state index contributed by atoms with van der Waals surface area (Å²) in [6, 6.07) is 17.5. The number of hydrogen-bond donors (Lipinski definition) is 1. The first kappa shape index (κ1) is 22.9. The van der Waals surface area contributed by atoms with Crippen LogP contribution in [0.25, 0.3) is 11.1 Å². The third-order valence-corrected chi connectivity index (χ3v) is 6.99. The molecule has 1 amide bonds. The second kappa shape index (κ2) is 9.03. The molecular weight excluding hydrogens is 443 g/mol. The van der Waals surface area contributed by atoms with Crippen molar-refractivity contribution in [3.8, 4) is 11.1 Å². The van der Waals surface area contributed by atoms with Crippen LogP contribution in [0.5, 0.6) is 0 Å². The summed E-state index contributed by atoms with van der Waals surface area (Å²) in [6.07, 6.45) is 7.17. The topological polar surface area (TPSA) is 74.8 Å². The highest BCUT2D eigenvalue weighted by Crippen LogP contribution is 2.41. The monoisotopic (exact) mass is 471 g/mol. The number of carbonyl (C=O) groups excluding carboxylic acids is 1. The maximum atomic E-state index is 14.6. The van der Waals surface area contributed by atoms with Gasteiger partial charge in [0.15, 0.2) is 5.82 Å². The molecule has 0 bridgehead atoms. The highest BCUT2D eigenvalue weighted by atomic mass is 19.1. The molecule has 2 aromatic heterocycles. The van der Waals surface area contributed by atoms with Crippen LogP contribution in [-0.4, -0.2) is 57.7 Å². The minimum Gasteiger partial charge on any atom is -0.328 e. The van der Waals surface area contributed by atoms with Gasteiger partial charge in [-0.2, -0.15) is 5.10 Å². The van der Waals surface area contributed by atoms with Crippen molar-refractivity contribution in [2.75, 3.05) is 32.1 Å². The van der Waals surface area contributed by atoms with Gasteiger partial charge in [-0.1, -0.05) is 42.5 Å². The molecule has 1 aliphatic rings. The van der Waals surface area contributed by atoms with Crippen LogP contribution < -0.4 is 4.90 Å². The second-order valence-electron chi connectivity index (χ2n) is 9.71. The molecule has 1 aliphatic heterocycles. The molecule has 4 aromatic rings. The molecule has 178 valence electrons. The Morgan fingerprint density at radius 2 is 1.60 bits per heavy atom. The lowest BCUT2D eigenvalue weighted by Gasteiger charge is -2.45. The normalized spacial score (nSPS) is 16.5. The number of benzene rings is 2. The van der Waals surface area contributed by atoms with E-state index in [0.717, 1.165) is 46.7 Å². The number of carbonyl (C=O) groups is 1. The molecule has 0 spiro atoms. The zero-order chi connectivity index (χ0) is 24.5. The van der Waals surface area contributed by atoms with Gasteiger partial charge in [0.25, 0.3) is 0 Å². The fourth-order valence-electron chi connectivity index (χ4n) is 4.78. The number of rotatable bonds is 5. The van der Waals surface area contributed by atoms with Crippen LogP contribution in [0.1, 0.15) is 18.4 Å². The first-order chi connectivity index (χ1) is 16.9. The van der Waals surface area contributed by atoms with Crippen LogP contribution in [0.4, 0.5) is 16.0 Å². The van der Waals surface area contributed by atoms with Crippen molar-refractivity contribution in [1.82, 2.24) is 20.2 Å². The molecule has 0 aliphatic carbocycles. The predicted molar refractivity (Wildman–Crippen MR) is 132 cm³/mol. The summed E-state index contributed by atoms with van der Waals surface area (Å²) < 4.78 is 14.5. The van der Waals surface area contributed by atoms with Gasteiger partial charge in [0.2, 0.25) is 11.9 Å². The van der Waals surface area contributed by atoms with Crippen LogP contribution in [0.2, 0.25) is 0 Å². The minimum absolute atomic E-state index is 0.105. The van der Waals surface area contributed by atoms with Gasteiger partial charge in [-0.15, -0.1) is 0 Å². The number of H-pyrrole nitrogens is 1. The largest absolute Gasteiger partial charge is 0.328 e. The maximum absolute atomic E-state index is 14.6. The fourth-order valence-corrected chi connectivity index (χ4v) is 4.78. The third-order valence-electron chi connectivity index (χ3n) is 6.99. The van der Waals surface area contributed by atoms with Gasteiger partial charge in [-0.3, -0.25) is 9.89 Å². The first-order valence-corrected chi connectivity index (χ1v) is 11.7. The molecule has 1 fully saturated rings. The summed E-state index contributed by atoms with van der Waals surface area (Å²) in [5.41, 5.74) is 2.86. The second-order valence-corrected chi connectivity index (χ2v) is 9.71. The SMILES string of the molecule is C[N+]1(C)CCC(C(=O)N(c2ccccc2)c2ncc(F)cn2)(c2ccc(-c3cn[nH]c3)cc2)CC1. The third kappa shape index (κ3) is 4.44. The molecule has 35 heavy (non-hydrogen) atoms. The zero-order valence-electron chi connectivity index (χ0n) is 19.9. The van der Waals surface area contributed by atoms with Crippen molar-refractivity contribution >= 4 is 17.5 Å². The van der Waals surface area contributed by atoms with Crippen molar-refractivity contribution in [1.29, 1.82) is 0 Å². The van der Waals surface area contributed by atoms with Crippen molar-refractivity contribution in [2.45, 2.75) is 18.3 Å². The predicted octanol–water partition coefficient (Wildman–Crippen LogP) is 4.48. The van der Waals surface area contributed by atoms with Gasteiger partial charge in [-0.25, -0.2) is 19.3 Å². The average Bonchev–Trinajstić information content (AvgIpc) is 3.42. The van der Waals surface area contributed by atoms with Crippen molar-refractivity contribution in [3.05, 3.63) is 90.8 Å². The Labute approximate surface area is 203 Å². The summed E-state index contributed by atoms with van der Waals surface area (Å²) in [4.78, 5) is 24.5. The number of halogens is 1. The number of quaternary nitrogens is 1. The Morgan fingerprint density at radius 1 is 0.943 bits per heavy atom. The number of aromatic nitrogens is 4. The van der Waals surface area contributed by atoms with Gasteiger partial charge in [0.1, 0.15) is 0 Å². The molecule has 0 radical (unpaired) electrons. The molecule has 0 atom stereocenters. The Morgan fingerprint density at radius 3 is 2.20 bits per heavy atom. The molecule has 7 nitrogen and oxygen atoms in total. The molecule has 5 rings (SSSR count). The molecule has 8 heteroatoms. The Hall–Kier alpha value is -3.91. The van der Waals surface area contributed by atoms with E-state index >= 15 is 0 Å². The standard InChI is InChI=1S/C27H28FN6O/c1-34(2)14-12-27(13-15-34,22-10-8-20(9-11-22)21-16-31-32-17-21)25(35)33(24-6-4-3-5-7-24)26-29-18-23(28)19-30-26/h3-11,16-19H,12-15H2,1-2H3,(H,31,32)/q+1. The summed E-state index contributed by atoms with van der Waals surface area (Å²) in [5, 5.41) is 6.88. The van der Waals surface area contributed by atoms with Crippen molar-refractivity contribution in [3.63, 3.8) is 0 Å². The van der Waals surface area contributed by atoms with Crippen LogP contribution in [0.15, 0.2) is 79.4 Å². The number of likely N-dealkylation sites (tertiary alicyclic amines) is 1. The van der Waals surface area contributed by atoms with Crippen molar-refractivity contribution in [2.24, 2.45) is 0 Å². The lowest BCUT2D eigenvalue weighted by atomic mass is 9.71. The number of nitrogens with zero attached hydrogens (tertiary/aromatic N) is 5. The van der Waals surface area contributed by atoms with E-state index in [4.69, 9.17) is 0 Å². The first-order valence-electron chi connectivity index (χ1n) is 11.7. The van der Waals surface area contributed by atoms with E-state index in [9.17, 15) is 9.18 Å². The van der Waals surface area contributed by atoms with Gasteiger partial charge in [0.05, 0.1) is 56.9 Å². The number of para-hydroxylation sites is 1. The van der Waals surface area contributed by atoms with E-state index in [1.165, 1.54) is 4.90 Å². The Bertz CT molecular complexity index is 1280. The van der Waals surface area contributed by atoms with E-state index in [0.29, 0.717) is 18.5 Å².